The second-order valence-electron chi connectivity index (χ2n) is 15.0. The first-order valence-corrected chi connectivity index (χ1v) is 20.8. The average Bonchev–Trinajstić information content (AvgIpc) is 3.29. The Morgan fingerprint density at radius 2 is 1.00 bits per heavy atom. The molecule has 0 aliphatic carbocycles. The highest BCUT2D eigenvalue weighted by molar-refractivity contribution is 5.97. The molecule has 0 saturated heterocycles. The van der Waals surface area contributed by atoms with Crippen LogP contribution in [-0.4, -0.2) is 129 Å². The molecule has 67 heavy (non-hydrogen) atoms. The summed E-state index contributed by atoms with van der Waals surface area (Å²) in [7, 11) is 0. The molecule has 3 aromatic carbocycles. The van der Waals surface area contributed by atoms with Crippen molar-refractivity contribution < 1.29 is 73.1 Å². The number of nitrogens with one attached hydrogen (secondary N) is 7. The third-order valence-corrected chi connectivity index (χ3v) is 9.71. The number of aliphatic hydroxyl groups excluding tert-OH is 1. The van der Waals surface area contributed by atoms with Gasteiger partial charge in [0, 0.05) is 25.7 Å². The van der Waals surface area contributed by atoms with Gasteiger partial charge in [0.1, 0.15) is 48.6 Å². The second-order valence-corrected chi connectivity index (χ2v) is 15.0. The van der Waals surface area contributed by atoms with E-state index in [0.29, 0.717) is 16.7 Å². The van der Waals surface area contributed by atoms with Crippen LogP contribution in [0.15, 0.2) is 84.9 Å². The molecule has 23 nitrogen and oxygen atoms in total. The van der Waals surface area contributed by atoms with Gasteiger partial charge in [-0.05, 0) is 48.6 Å². The van der Waals surface area contributed by atoms with E-state index >= 15 is 0 Å². The van der Waals surface area contributed by atoms with Crippen molar-refractivity contribution in [3.63, 3.8) is 0 Å². The Morgan fingerprint density at radius 1 is 0.552 bits per heavy atom. The number of nitrogens with two attached hydrogens (primary N) is 1. The molecule has 0 aliphatic rings. The molecule has 0 spiro atoms. The Balaban J connectivity index is 1.74. The van der Waals surface area contributed by atoms with Crippen LogP contribution in [0.3, 0.4) is 0 Å². The molecule has 23 heteroatoms. The van der Waals surface area contributed by atoms with E-state index in [1.165, 1.54) is 31.2 Å². The number of rotatable bonds is 27. The molecule has 0 aromatic heterocycles. The zero-order chi connectivity index (χ0) is 49.5. The molecule has 3 aromatic rings. The van der Waals surface area contributed by atoms with Gasteiger partial charge in [0.05, 0.1) is 13.2 Å². The van der Waals surface area contributed by atoms with Crippen LogP contribution in [0.2, 0.25) is 0 Å². The molecule has 0 fully saturated rings. The first kappa shape index (κ1) is 53.3. The van der Waals surface area contributed by atoms with Crippen LogP contribution in [0.5, 0.6) is 5.75 Å². The Bertz CT molecular complexity index is 2200. The zero-order valence-electron chi connectivity index (χ0n) is 36.3. The van der Waals surface area contributed by atoms with Crippen LogP contribution in [-0.2, 0) is 67.3 Å². The summed E-state index contributed by atoms with van der Waals surface area (Å²) in [5.41, 5.74) is 7.03. The summed E-state index contributed by atoms with van der Waals surface area (Å²) in [5, 5.41) is 54.8. The van der Waals surface area contributed by atoms with Gasteiger partial charge in [-0.1, -0.05) is 72.8 Å². The highest BCUT2D eigenvalue weighted by Crippen LogP contribution is 2.13. The van der Waals surface area contributed by atoms with Crippen molar-refractivity contribution in [1.82, 2.24) is 37.2 Å². The fraction of sp³-hybridized carbons (Fsp3) is 0.364. The topological polar surface area (TPSA) is 371 Å². The van der Waals surface area contributed by atoms with Crippen LogP contribution < -0.4 is 43.0 Å². The lowest BCUT2D eigenvalue weighted by atomic mass is 10.0. The van der Waals surface area contributed by atoms with E-state index in [9.17, 15) is 63.3 Å². The van der Waals surface area contributed by atoms with E-state index in [4.69, 9.17) is 15.6 Å². The maximum absolute atomic E-state index is 14.1. The van der Waals surface area contributed by atoms with Gasteiger partial charge >= 0.3 is 18.0 Å². The zero-order valence-corrected chi connectivity index (χ0v) is 36.3. The molecule has 0 saturated carbocycles. The summed E-state index contributed by atoms with van der Waals surface area (Å²) in [6.45, 7) is -0.564. The number of carbonyl (C=O) groups excluding carboxylic acids is 8. The van der Waals surface area contributed by atoms with Crippen molar-refractivity contribution in [2.45, 2.75) is 88.3 Å². The average molecular weight is 935 g/mol. The van der Waals surface area contributed by atoms with Crippen molar-refractivity contribution in [2.24, 2.45) is 5.73 Å². The van der Waals surface area contributed by atoms with Gasteiger partial charge in [0.25, 0.3) is 0 Å². The number of primary amides is 1. The minimum Gasteiger partial charge on any atom is -0.508 e. The molecule has 8 amide bonds. The molecule has 0 radical (unpaired) electrons. The third-order valence-electron chi connectivity index (χ3n) is 9.71. The Morgan fingerprint density at radius 3 is 1.51 bits per heavy atom. The molecule has 360 valence electrons. The van der Waals surface area contributed by atoms with Gasteiger partial charge in [0.15, 0.2) is 0 Å². The molecule has 3 rings (SSSR count). The number of carboxylic acids is 2. The van der Waals surface area contributed by atoms with Crippen LogP contribution in [0.25, 0.3) is 0 Å². The largest absolute Gasteiger partial charge is 0.508 e. The summed E-state index contributed by atoms with van der Waals surface area (Å²) in [5.74, 6) is -9.76. The predicted molar refractivity (Wildman–Crippen MR) is 234 cm³/mol. The number of carboxylic acid groups (broad SMARTS) is 2. The van der Waals surface area contributed by atoms with Gasteiger partial charge in [-0.15, -0.1) is 0 Å². The Kier molecular flexibility index (Phi) is 21.7. The van der Waals surface area contributed by atoms with Crippen molar-refractivity contribution in [2.75, 3.05) is 13.2 Å². The number of aromatic hydroxyl groups is 1. The van der Waals surface area contributed by atoms with E-state index < -0.39 is 128 Å². The summed E-state index contributed by atoms with van der Waals surface area (Å²) in [6.07, 6.45) is -3.44. The number of phenols is 1. The smallest absolute Gasteiger partial charge is 0.408 e. The lowest BCUT2D eigenvalue weighted by Gasteiger charge is -2.27. The maximum atomic E-state index is 14.1. The number of benzene rings is 3. The van der Waals surface area contributed by atoms with Crippen LogP contribution >= 0.6 is 0 Å². The fourth-order valence-corrected chi connectivity index (χ4v) is 6.08. The van der Waals surface area contributed by atoms with Crippen LogP contribution in [0, 0.1) is 0 Å². The number of ether oxygens (including phenoxy) is 1. The summed E-state index contributed by atoms with van der Waals surface area (Å²) in [4.78, 5) is 127. The van der Waals surface area contributed by atoms with E-state index in [0.717, 1.165) is 0 Å². The molecular weight excluding hydrogens is 881 g/mol. The SMILES string of the molecule is C[C@H](NC(=O)OCc1ccccc1)C(=O)NCC(=O)N[C@@H](CCC(=O)O)C(=O)N[C@@H](CO)C(=O)N[C@@H](Cc1ccccc1)C(=O)N[C@@H](Cc1ccc(O)cc1)C(=O)N[C@@H](CCC(=O)O)C(N)=O. The number of hydrogen-bond acceptors (Lipinski definition) is 13. The summed E-state index contributed by atoms with van der Waals surface area (Å²) in [6, 6.07) is 13.4. The number of alkyl carbamates (subject to hydrolysis) is 1. The normalized spacial score (nSPS) is 13.3. The number of aliphatic carboxylic acids is 2. The lowest BCUT2D eigenvalue weighted by molar-refractivity contribution is -0.139. The highest BCUT2D eigenvalue weighted by Gasteiger charge is 2.33. The minimum absolute atomic E-state index is 0.0732. The molecular formula is C44H54N8O15. The monoisotopic (exact) mass is 934 g/mol. The number of hydrogen-bond donors (Lipinski definition) is 12. The number of aliphatic hydroxyl groups is 1. The van der Waals surface area contributed by atoms with E-state index in [-0.39, 0.29) is 31.6 Å². The lowest BCUT2D eigenvalue weighted by Crippen LogP contribution is -2.60. The van der Waals surface area contributed by atoms with Gasteiger partial charge in [0.2, 0.25) is 41.4 Å². The first-order valence-electron chi connectivity index (χ1n) is 20.8. The molecule has 0 bridgehead atoms. The van der Waals surface area contributed by atoms with E-state index in [1.54, 1.807) is 60.7 Å². The molecule has 6 atom stereocenters. The van der Waals surface area contributed by atoms with Crippen molar-refractivity contribution in [3.8, 4) is 5.75 Å². The Labute approximate surface area is 383 Å². The quantitative estimate of drug-likeness (QED) is 0.0403. The van der Waals surface area contributed by atoms with Gasteiger partial charge in [-0.3, -0.25) is 43.2 Å². The molecule has 13 N–H and O–H groups in total. The van der Waals surface area contributed by atoms with Gasteiger partial charge < -0.3 is 68.1 Å². The highest BCUT2D eigenvalue weighted by atomic mass is 16.5. The minimum atomic E-state index is -1.81. The van der Waals surface area contributed by atoms with Gasteiger partial charge in [-0.2, -0.15) is 0 Å². The third kappa shape index (κ3) is 19.7. The predicted octanol–water partition coefficient (Wildman–Crippen LogP) is -1.76. The fourth-order valence-electron chi connectivity index (χ4n) is 6.08. The second kappa shape index (κ2) is 27.3. The first-order chi connectivity index (χ1) is 31.8. The van der Waals surface area contributed by atoms with E-state index in [1.807, 2.05) is 0 Å². The van der Waals surface area contributed by atoms with Crippen molar-refractivity contribution in [3.05, 3.63) is 102 Å². The number of carbonyl (C=O) groups is 10. The van der Waals surface area contributed by atoms with Gasteiger partial charge in [-0.25, -0.2) is 4.79 Å². The van der Waals surface area contributed by atoms with Crippen LogP contribution in [0.1, 0.15) is 49.3 Å². The number of amides is 8. The summed E-state index contributed by atoms with van der Waals surface area (Å²) < 4.78 is 5.08. The van der Waals surface area contributed by atoms with Crippen molar-refractivity contribution >= 4 is 59.4 Å². The van der Waals surface area contributed by atoms with E-state index in [2.05, 4.69) is 37.2 Å². The van der Waals surface area contributed by atoms with Crippen LogP contribution in [0.4, 0.5) is 4.79 Å². The molecule has 0 unspecified atom stereocenters. The standard InChI is InChI=1S/C44H54N8O15/c1-25(47-44(66)67-24-28-10-6-3-7-11-28)39(61)46-22-35(55)48-31(17-19-37(58)59)40(62)52-34(23-53)43(65)51-32(20-26-8-4-2-5-9-26)42(64)50-33(21-27-12-14-29(54)15-13-27)41(63)49-30(38(45)60)16-18-36(56)57/h2-15,25,30-34,53-54H,16-24H2,1H3,(H2,45,60)(H,46,61)(H,47,66)(H,48,55)(H,49,63)(H,50,64)(H,51,65)(H,52,62)(H,56,57)(H,58,59)/t25-,30-,31-,32-,33-,34-/m0/s1. The summed E-state index contributed by atoms with van der Waals surface area (Å²) >= 11 is 0. The van der Waals surface area contributed by atoms with Crippen molar-refractivity contribution in [1.29, 1.82) is 0 Å². The maximum Gasteiger partial charge on any atom is 0.408 e. The Hall–Kier alpha value is -8.08. The number of phenolic OH excluding ortho intramolecular Hbond substituents is 1. The molecule has 0 heterocycles. The molecule has 0 aliphatic heterocycles.